The standard InChI is InChI=1S/C15H15FN2O/c1-10-5-6-12(16)8-14(10)15(19)18-9-11-3-2-4-13(17)7-11/h2-8H,9,17H2,1H3,(H,18,19). The zero-order valence-corrected chi connectivity index (χ0v) is 10.6. The predicted octanol–water partition coefficient (Wildman–Crippen LogP) is 2.65. The Bertz CT molecular complexity index is 611. The zero-order valence-electron chi connectivity index (χ0n) is 10.6. The summed E-state index contributed by atoms with van der Waals surface area (Å²) in [5.41, 5.74) is 8.30. The summed E-state index contributed by atoms with van der Waals surface area (Å²) in [6.45, 7) is 2.13. The molecule has 0 saturated heterocycles. The van der Waals surface area contributed by atoms with Crippen molar-refractivity contribution in [2.75, 3.05) is 5.73 Å². The lowest BCUT2D eigenvalue weighted by Crippen LogP contribution is -2.23. The van der Waals surface area contributed by atoms with Crippen LogP contribution in [0.4, 0.5) is 10.1 Å². The van der Waals surface area contributed by atoms with E-state index in [1.54, 1.807) is 25.1 Å². The number of halogens is 1. The minimum absolute atomic E-state index is 0.292. The molecule has 2 rings (SSSR count). The van der Waals surface area contributed by atoms with Gasteiger partial charge < -0.3 is 11.1 Å². The minimum Gasteiger partial charge on any atom is -0.399 e. The summed E-state index contributed by atoms with van der Waals surface area (Å²) < 4.78 is 13.1. The first-order valence-corrected chi connectivity index (χ1v) is 5.95. The third-order valence-electron chi connectivity index (χ3n) is 2.85. The third-order valence-corrected chi connectivity index (χ3v) is 2.85. The number of amides is 1. The van der Waals surface area contributed by atoms with Crippen LogP contribution >= 0.6 is 0 Å². The van der Waals surface area contributed by atoms with Crippen molar-refractivity contribution in [2.24, 2.45) is 0 Å². The molecular weight excluding hydrogens is 243 g/mol. The largest absolute Gasteiger partial charge is 0.399 e. The maximum Gasteiger partial charge on any atom is 0.251 e. The van der Waals surface area contributed by atoms with Crippen LogP contribution in [0, 0.1) is 12.7 Å². The molecular formula is C15H15FN2O. The zero-order chi connectivity index (χ0) is 13.8. The van der Waals surface area contributed by atoms with E-state index in [0.717, 1.165) is 11.1 Å². The van der Waals surface area contributed by atoms with Gasteiger partial charge in [0.2, 0.25) is 0 Å². The Kier molecular flexibility index (Phi) is 3.80. The third kappa shape index (κ3) is 3.31. The number of hydrogen-bond donors (Lipinski definition) is 2. The molecule has 0 bridgehead atoms. The maximum absolute atomic E-state index is 13.1. The highest BCUT2D eigenvalue weighted by Gasteiger charge is 2.09. The minimum atomic E-state index is -0.417. The molecule has 0 aliphatic carbocycles. The van der Waals surface area contributed by atoms with Crippen LogP contribution in [0.2, 0.25) is 0 Å². The Balaban J connectivity index is 2.07. The molecule has 0 heterocycles. The number of aryl methyl sites for hydroxylation is 1. The number of carbonyl (C=O) groups excluding carboxylic acids is 1. The smallest absolute Gasteiger partial charge is 0.251 e. The van der Waals surface area contributed by atoms with E-state index in [-0.39, 0.29) is 5.91 Å². The average Bonchev–Trinajstić information content (AvgIpc) is 2.39. The average molecular weight is 258 g/mol. The molecule has 0 aliphatic rings. The molecule has 0 saturated carbocycles. The van der Waals surface area contributed by atoms with Crippen LogP contribution in [0.1, 0.15) is 21.5 Å². The number of hydrogen-bond acceptors (Lipinski definition) is 2. The number of nitrogen functional groups attached to an aromatic ring is 1. The first-order chi connectivity index (χ1) is 9.06. The highest BCUT2D eigenvalue weighted by Crippen LogP contribution is 2.11. The van der Waals surface area contributed by atoms with Crippen molar-refractivity contribution in [1.29, 1.82) is 0 Å². The number of carbonyl (C=O) groups is 1. The van der Waals surface area contributed by atoms with Crippen molar-refractivity contribution in [1.82, 2.24) is 5.32 Å². The van der Waals surface area contributed by atoms with Crippen molar-refractivity contribution in [2.45, 2.75) is 13.5 Å². The summed E-state index contributed by atoms with van der Waals surface area (Å²) in [5.74, 6) is -0.709. The number of benzene rings is 2. The quantitative estimate of drug-likeness (QED) is 0.831. The molecule has 0 spiro atoms. The molecule has 98 valence electrons. The number of rotatable bonds is 3. The summed E-state index contributed by atoms with van der Waals surface area (Å²) in [4.78, 5) is 12.0. The molecule has 4 heteroatoms. The fourth-order valence-corrected chi connectivity index (χ4v) is 1.82. The summed E-state index contributed by atoms with van der Waals surface area (Å²) in [7, 11) is 0. The molecule has 1 amide bonds. The Hall–Kier alpha value is -2.36. The van der Waals surface area contributed by atoms with Gasteiger partial charge in [0.05, 0.1) is 0 Å². The molecule has 19 heavy (non-hydrogen) atoms. The van der Waals surface area contributed by atoms with Crippen LogP contribution in [0.15, 0.2) is 42.5 Å². The molecule has 0 unspecified atom stereocenters. The lowest BCUT2D eigenvalue weighted by molar-refractivity contribution is 0.0950. The highest BCUT2D eigenvalue weighted by molar-refractivity contribution is 5.95. The van der Waals surface area contributed by atoms with Gasteiger partial charge in [0.15, 0.2) is 0 Å². The Morgan fingerprint density at radius 1 is 1.26 bits per heavy atom. The highest BCUT2D eigenvalue weighted by atomic mass is 19.1. The van der Waals surface area contributed by atoms with E-state index in [4.69, 9.17) is 5.73 Å². The van der Waals surface area contributed by atoms with E-state index >= 15 is 0 Å². The van der Waals surface area contributed by atoms with Crippen LogP contribution in [-0.4, -0.2) is 5.91 Å². The summed E-state index contributed by atoms with van der Waals surface area (Å²) >= 11 is 0. The second-order valence-corrected chi connectivity index (χ2v) is 4.39. The maximum atomic E-state index is 13.1. The van der Waals surface area contributed by atoms with Gasteiger partial charge in [-0.25, -0.2) is 4.39 Å². The van der Waals surface area contributed by atoms with Gasteiger partial charge in [-0.05, 0) is 42.3 Å². The van der Waals surface area contributed by atoms with Gasteiger partial charge in [-0.1, -0.05) is 18.2 Å². The van der Waals surface area contributed by atoms with Gasteiger partial charge in [-0.2, -0.15) is 0 Å². The number of nitrogens with one attached hydrogen (secondary N) is 1. The number of anilines is 1. The molecule has 0 fully saturated rings. The Morgan fingerprint density at radius 2 is 2.05 bits per heavy atom. The van der Waals surface area contributed by atoms with Crippen molar-refractivity contribution in [3.63, 3.8) is 0 Å². The molecule has 0 radical (unpaired) electrons. The van der Waals surface area contributed by atoms with Crippen LogP contribution in [0.3, 0.4) is 0 Å². The first kappa shape index (κ1) is 13.1. The normalized spacial score (nSPS) is 10.2. The van der Waals surface area contributed by atoms with E-state index in [2.05, 4.69) is 5.32 Å². The second-order valence-electron chi connectivity index (χ2n) is 4.39. The van der Waals surface area contributed by atoms with Crippen molar-refractivity contribution >= 4 is 11.6 Å². The van der Waals surface area contributed by atoms with Gasteiger partial charge in [-0.15, -0.1) is 0 Å². The molecule has 3 nitrogen and oxygen atoms in total. The Labute approximate surface area is 111 Å². The van der Waals surface area contributed by atoms with Crippen molar-refractivity contribution < 1.29 is 9.18 Å². The second kappa shape index (κ2) is 5.52. The lowest BCUT2D eigenvalue weighted by atomic mass is 10.1. The Morgan fingerprint density at radius 3 is 2.79 bits per heavy atom. The van der Waals surface area contributed by atoms with Gasteiger partial charge in [0.1, 0.15) is 5.82 Å². The molecule has 0 aliphatic heterocycles. The molecule has 2 aromatic rings. The van der Waals surface area contributed by atoms with Gasteiger partial charge in [0.25, 0.3) is 5.91 Å². The summed E-state index contributed by atoms with van der Waals surface area (Å²) in [5, 5.41) is 2.75. The van der Waals surface area contributed by atoms with E-state index in [9.17, 15) is 9.18 Å². The van der Waals surface area contributed by atoms with E-state index in [0.29, 0.717) is 17.8 Å². The molecule has 0 atom stereocenters. The van der Waals surface area contributed by atoms with Crippen LogP contribution in [-0.2, 0) is 6.54 Å². The lowest BCUT2D eigenvalue weighted by Gasteiger charge is -2.08. The van der Waals surface area contributed by atoms with Crippen molar-refractivity contribution in [3.8, 4) is 0 Å². The summed E-state index contributed by atoms with van der Waals surface area (Å²) in [6.07, 6.45) is 0. The fraction of sp³-hybridized carbons (Fsp3) is 0.133. The van der Waals surface area contributed by atoms with Crippen molar-refractivity contribution in [3.05, 3.63) is 65.0 Å². The SMILES string of the molecule is Cc1ccc(F)cc1C(=O)NCc1cccc(N)c1. The molecule has 0 aromatic heterocycles. The molecule has 2 aromatic carbocycles. The topological polar surface area (TPSA) is 55.1 Å². The van der Waals surface area contributed by atoms with E-state index in [1.165, 1.54) is 12.1 Å². The van der Waals surface area contributed by atoms with Gasteiger partial charge in [-0.3, -0.25) is 4.79 Å². The van der Waals surface area contributed by atoms with Gasteiger partial charge >= 0.3 is 0 Å². The number of nitrogens with two attached hydrogens (primary N) is 1. The predicted molar refractivity (Wildman–Crippen MR) is 73.2 cm³/mol. The first-order valence-electron chi connectivity index (χ1n) is 5.95. The van der Waals surface area contributed by atoms with Crippen LogP contribution in [0.25, 0.3) is 0 Å². The van der Waals surface area contributed by atoms with Gasteiger partial charge in [0, 0.05) is 17.8 Å². The fourth-order valence-electron chi connectivity index (χ4n) is 1.82. The summed E-state index contributed by atoms with van der Waals surface area (Å²) in [6, 6.07) is 11.4. The van der Waals surface area contributed by atoms with Crippen LogP contribution in [0.5, 0.6) is 0 Å². The monoisotopic (exact) mass is 258 g/mol. The molecule has 3 N–H and O–H groups in total. The van der Waals surface area contributed by atoms with E-state index < -0.39 is 5.82 Å². The van der Waals surface area contributed by atoms with Crippen LogP contribution < -0.4 is 11.1 Å². The van der Waals surface area contributed by atoms with E-state index in [1.807, 2.05) is 12.1 Å².